The molecule has 1 rings (SSSR count). The van der Waals surface area contributed by atoms with Crippen LogP contribution in [0.3, 0.4) is 0 Å². The molecule has 4 N–H and O–H groups in total. The van der Waals surface area contributed by atoms with Crippen LogP contribution in [0, 0.1) is 13.8 Å². The lowest BCUT2D eigenvalue weighted by Crippen LogP contribution is -2.46. The quantitative estimate of drug-likeness (QED) is 0.751. The average Bonchev–Trinajstić information content (AvgIpc) is 2.38. The van der Waals surface area contributed by atoms with Crippen molar-refractivity contribution in [3.05, 3.63) is 29.3 Å². The van der Waals surface area contributed by atoms with Crippen molar-refractivity contribution in [1.29, 1.82) is 0 Å². The molecule has 0 spiro atoms. The molecular formula is C14H21N3O2S. The van der Waals surface area contributed by atoms with Crippen LogP contribution in [-0.4, -0.2) is 30.0 Å². The Hall–Kier alpha value is -1.69. The van der Waals surface area contributed by atoms with Crippen molar-refractivity contribution in [3.8, 4) is 0 Å². The summed E-state index contributed by atoms with van der Waals surface area (Å²) in [7, 11) is 0. The molecule has 0 fully saturated rings. The first-order valence-corrected chi connectivity index (χ1v) is 7.76. The summed E-state index contributed by atoms with van der Waals surface area (Å²) in [6.07, 6.45) is 2.49. The third-order valence-electron chi connectivity index (χ3n) is 2.89. The van der Waals surface area contributed by atoms with Crippen LogP contribution in [0.5, 0.6) is 0 Å². The van der Waals surface area contributed by atoms with E-state index in [-0.39, 0.29) is 5.91 Å². The topological polar surface area (TPSA) is 84.2 Å². The smallest absolute Gasteiger partial charge is 0.312 e. The highest BCUT2D eigenvalue weighted by Gasteiger charge is 2.19. The number of anilines is 1. The van der Waals surface area contributed by atoms with Crippen LogP contribution in [0.1, 0.15) is 17.5 Å². The van der Waals surface area contributed by atoms with E-state index in [1.807, 2.05) is 38.3 Å². The number of aryl methyl sites for hydroxylation is 2. The molecule has 5 nitrogen and oxygen atoms in total. The summed E-state index contributed by atoms with van der Waals surface area (Å²) in [4.78, 5) is 23.2. The van der Waals surface area contributed by atoms with E-state index in [0.717, 1.165) is 22.6 Å². The predicted molar refractivity (Wildman–Crippen MR) is 84.1 cm³/mol. The Labute approximate surface area is 123 Å². The number of benzene rings is 1. The molecule has 3 amide bonds. The van der Waals surface area contributed by atoms with E-state index in [1.165, 1.54) is 0 Å². The van der Waals surface area contributed by atoms with E-state index in [9.17, 15) is 9.59 Å². The van der Waals surface area contributed by atoms with Crippen LogP contribution in [0.25, 0.3) is 0 Å². The molecular weight excluding hydrogens is 274 g/mol. The highest BCUT2D eigenvalue weighted by molar-refractivity contribution is 7.98. The zero-order valence-corrected chi connectivity index (χ0v) is 12.8. The van der Waals surface area contributed by atoms with Gasteiger partial charge in [-0.2, -0.15) is 11.8 Å². The van der Waals surface area contributed by atoms with Crippen LogP contribution in [-0.2, 0) is 4.79 Å². The number of amides is 3. The average molecular weight is 295 g/mol. The number of nitrogens with two attached hydrogens (primary N) is 1. The monoisotopic (exact) mass is 295 g/mol. The summed E-state index contributed by atoms with van der Waals surface area (Å²) in [6, 6.07) is 4.54. The Kier molecular flexibility index (Phi) is 6.38. The largest absolute Gasteiger partial charge is 0.352 e. The van der Waals surface area contributed by atoms with Gasteiger partial charge in [0.2, 0.25) is 5.91 Å². The number of thioether (sulfide) groups is 1. The van der Waals surface area contributed by atoms with Crippen LogP contribution in [0.15, 0.2) is 18.2 Å². The molecule has 0 radical (unpaired) electrons. The fourth-order valence-corrected chi connectivity index (χ4v) is 2.24. The summed E-state index contributed by atoms with van der Waals surface area (Å²) in [5.74, 6) is 0.525. The predicted octanol–water partition coefficient (Wildman–Crippen LogP) is 2.03. The number of hydrogen-bond acceptors (Lipinski definition) is 3. The minimum absolute atomic E-state index is 0.244. The standard InChI is InChI=1S/C14H21N3O2S/c1-9-4-5-10(2)12(8-9)16-13(18)11(6-7-20-3)17-14(15)19/h4-5,8,11H,6-7H2,1-3H3,(H,16,18)(H3,15,17,19). The number of nitrogens with one attached hydrogen (secondary N) is 2. The first-order chi connectivity index (χ1) is 9.43. The lowest BCUT2D eigenvalue weighted by atomic mass is 10.1. The molecule has 110 valence electrons. The molecule has 0 aromatic heterocycles. The molecule has 0 aliphatic heterocycles. The van der Waals surface area contributed by atoms with Gasteiger partial charge in [0.25, 0.3) is 0 Å². The van der Waals surface area contributed by atoms with Gasteiger partial charge in [0.15, 0.2) is 0 Å². The number of primary amides is 1. The lowest BCUT2D eigenvalue weighted by molar-refractivity contribution is -0.117. The molecule has 20 heavy (non-hydrogen) atoms. The molecule has 1 aromatic carbocycles. The molecule has 1 unspecified atom stereocenters. The molecule has 0 saturated carbocycles. The SMILES string of the molecule is CSCCC(NC(N)=O)C(=O)Nc1cc(C)ccc1C. The first-order valence-electron chi connectivity index (χ1n) is 6.37. The summed E-state index contributed by atoms with van der Waals surface area (Å²) < 4.78 is 0. The van der Waals surface area contributed by atoms with Crippen molar-refractivity contribution in [2.75, 3.05) is 17.3 Å². The lowest BCUT2D eigenvalue weighted by Gasteiger charge is -2.18. The Morgan fingerprint density at radius 2 is 2.05 bits per heavy atom. The molecule has 0 heterocycles. The van der Waals surface area contributed by atoms with Gasteiger partial charge in [-0.3, -0.25) is 4.79 Å². The normalized spacial score (nSPS) is 11.8. The van der Waals surface area contributed by atoms with Crippen LogP contribution in [0.4, 0.5) is 10.5 Å². The maximum Gasteiger partial charge on any atom is 0.312 e. The highest BCUT2D eigenvalue weighted by atomic mass is 32.2. The van der Waals surface area contributed by atoms with E-state index in [4.69, 9.17) is 5.73 Å². The zero-order chi connectivity index (χ0) is 15.1. The molecule has 1 aromatic rings. The van der Waals surface area contributed by atoms with Crippen LogP contribution >= 0.6 is 11.8 Å². The Morgan fingerprint density at radius 1 is 1.35 bits per heavy atom. The van der Waals surface area contributed by atoms with E-state index in [0.29, 0.717) is 6.42 Å². The van der Waals surface area contributed by atoms with Gasteiger partial charge in [0.05, 0.1) is 0 Å². The van der Waals surface area contributed by atoms with Gasteiger partial charge in [0.1, 0.15) is 6.04 Å². The molecule has 0 aliphatic carbocycles. The van der Waals surface area contributed by atoms with Gasteiger partial charge >= 0.3 is 6.03 Å². The van der Waals surface area contributed by atoms with Crippen molar-refractivity contribution in [3.63, 3.8) is 0 Å². The van der Waals surface area contributed by atoms with Gasteiger partial charge in [0, 0.05) is 5.69 Å². The summed E-state index contributed by atoms with van der Waals surface area (Å²) >= 11 is 1.61. The molecule has 0 aliphatic rings. The second kappa shape index (κ2) is 7.79. The van der Waals surface area contributed by atoms with Gasteiger partial charge in [-0.1, -0.05) is 12.1 Å². The number of urea groups is 1. The molecule has 0 saturated heterocycles. The maximum atomic E-state index is 12.2. The van der Waals surface area contributed by atoms with Crippen molar-refractivity contribution in [1.82, 2.24) is 5.32 Å². The van der Waals surface area contributed by atoms with Gasteiger partial charge in [-0.05, 0) is 49.5 Å². The summed E-state index contributed by atoms with van der Waals surface area (Å²) in [5.41, 5.74) is 7.92. The van der Waals surface area contributed by atoms with Crippen molar-refractivity contribution in [2.24, 2.45) is 5.73 Å². The Bertz CT molecular complexity index is 491. The summed E-state index contributed by atoms with van der Waals surface area (Å²) in [5, 5.41) is 5.33. The summed E-state index contributed by atoms with van der Waals surface area (Å²) in [6.45, 7) is 3.88. The van der Waals surface area contributed by atoms with Crippen molar-refractivity contribution < 1.29 is 9.59 Å². The second-order valence-electron chi connectivity index (χ2n) is 4.65. The Morgan fingerprint density at radius 3 is 2.65 bits per heavy atom. The highest BCUT2D eigenvalue weighted by Crippen LogP contribution is 2.17. The van der Waals surface area contributed by atoms with Crippen LogP contribution < -0.4 is 16.4 Å². The molecule has 6 heteroatoms. The van der Waals surface area contributed by atoms with E-state index in [2.05, 4.69) is 10.6 Å². The molecule has 1 atom stereocenters. The number of rotatable bonds is 6. The fraction of sp³-hybridized carbons (Fsp3) is 0.429. The third kappa shape index (κ3) is 5.13. The van der Waals surface area contributed by atoms with E-state index < -0.39 is 12.1 Å². The number of carbonyl (C=O) groups excluding carboxylic acids is 2. The van der Waals surface area contributed by atoms with Crippen molar-refractivity contribution in [2.45, 2.75) is 26.3 Å². The minimum atomic E-state index is -0.688. The minimum Gasteiger partial charge on any atom is -0.352 e. The van der Waals surface area contributed by atoms with E-state index >= 15 is 0 Å². The first kappa shape index (κ1) is 16.4. The van der Waals surface area contributed by atoms with Gasteiger partial charge < -0.3 is 16.4 Å². The maximum absolute atomic E-state index is 12.2. The second-order valence-corrected chi connectivity index (χ2v) is 5.64. The fourth-order valence-electron chi connectivity index (χ4n) is 1.77. The number of carbonyl (C=O) groups is 2. The van der Waals surface area contributed by atoms with E-state index in [1.54, 1.807) is 11.8 Å². The van der Waals surface area contributed by atoms with Crippen LogP contribution in [0.2, 0.25) is 0 Å². The van der Waals surface area contributed by atoms with Crippen molar-refractivity contribution >= 4 is 29.4 Å². The zero-order valence-electron chi connectivity index (χ0n) is 12.0. The van der Waals surface area contributed by atoms with Gasteiger partial charge in [-0.25, -0.2) is 4.79 Å². The molecule has 0 bridgehead atoms. The third-order valence-corrected chi connectivity index (χ3v) is 3.54. The van der Waals surface area contributed by atoms with Gasteiger partial charge in [-0.15, -0.1) is 0 Å². The Balaban J connectivity index is 2.78. The number of hydrogen-bond donors (Lipinski definition) is 3.